The van der Waals surface area contributed by atoms with Crippen LogP contribution in [0.4, 0.5) is 0 Å². The summed E-state index contributed by atoms with van der Waals surface area (Å²) in [6, 6.07) is 20.0. The van der Waals surface area contributed by atoms with E-state index in [1.165, 1.54) is 10.8 Å². The number of fused-ring (bicyclic) bond motifs is 1. The van der Waals surface area contributed by atoms with Crippen molar-refractivity contribution >= 4 is 45.4 Å². The Balaban J connectivity index is 1.78. The van der Waals surface area contributed by atoms with E-state index in [4.69, 9.17) is 9.84 Å². The highest BCUT2D eigenvalue weighted by molar-refractivity contribution is 14.1. The average Bonchev–Trinajstić information content (AvgIpc) is 2.59. The van der Waals surface area contributed by atoms with E-state index >= 15 is 0 Å². The topological polar surface area (TPSA) is 46.5 Å². The van der Waals surface area contributed by atoms with Crippen molar-refractivity contribution in [2.24, 2.45) is 0 Å². The zero-order chi connectivity index (χ0) is 16.9. The maximum atomic E-state index is 10.6. The van der Waals surface area contributed by atoms with Crippen LogP contribution in [0.3, 0.4) is 0 Å². The van der Waals surface area contributed by atoms with E-state index in [1.807, 2.05) is 36.4 Å². The van der Waals surface area contributed by atoms with Crippen LogP contribution >= 0.6 is 22.6 Å². The van der Waals surface area contributed by atoms with Crippen LogP contribution in [0.2, 0.25) is 0 Å². The summed E-state index contributed by atoms with van der Waals surface area (Å²) in [6.07, 6.45) is 2.70. The van der Waals surface area contributed by atoms with Gasteiger partial charge in [0, 0.05) is 6.08 Å². The van der Waals surface area contributed by atoms with Crippen molar-refractivity contribution in [1.29, 1.82) is 0 Å². The van der Waals surface area contributed by atoms with Gasteiger partial charge in [-0.25, -0.2) is 4.79 Å². The molecule has 0 amide bonds. The Hall–Kier alpha value is -2.34. The molecule has 3 aromatic rings. The third-order valence-electron chi connectivity index (χ3n) is 3.64. The number of hydrogen-bond acceptors (Lipinski definition) is 2. The molecule has 0 saturated carbocycles. The second kappa shape index (κ2) is 7.49. The lowest BCUT2D eigenvalue weighted by molar-refractivity contribution is -0.131. The van der Waals surface area contributed by atoms with Crippen LogP contribution in [0.1, 0.15) is 11.1 Å². The normalized spacial score (nSPS) is 11.0. The Morgan fingerprint density at radius 3 is 2.67 bits per heavy atom. The summed E-state index contributed by atoms with van der Waals surface area (Å²) in [7, 11) is 0. The van der Waals surface area contributed by atoms with Crippen LogP contribution in [0.25, 0.3) is 16.8 Å². The molecule has 3 nitrogen and oxygen atoms in total. The van der Waals surface area contributed by atoms with E-state index in [9.17, 15) is 4.79 Å². The van der Waals surface area contributed by atoms with Gasteiger partial charge in [0.15, 0.2) is 0 Å². The first-order valence-electron chi connectivity index (χ1n) is 7.43. The van der Waals surface area contributed by atoms with Crippen LogP contribution < -0.4 is 4.74 Å². The Kier molecular flexibility index (Phi) is 5.15. The minimum atomic E-state index is -0.957. The van der Waals surface area contributed by atoms with E-state index in [-0.39, 0.29) is 0 Å². The van der Waals surface area contributed by atoms with Crippen LogP contribution in [0.5, 0.6) is 5.75 Å². The molecule has 0 atom stereocenters. The van der Waals surface area contributed by atoms with Gasteiger partial charge in [-0.2, -0.15) is 0 Å². The Bertz CT molecular complexity index is 910. The molecule has 0 aromatic heterocycles. The third kappa shape index (κ3) is 3.94. The van der Waals surface area contributed by atoms with Crippen molar-refractivity contribution in [3.05, 3.63) is 81.4 Å². The summed E-state index contributed by atoms with van der Waals surface area (Å²) >= 11 is 2.20. The molecular formula is C20H15IO3. The maximum absolute atomic E-state index is 10.6. The summed E-state index contributed by atoms with van der Waals surface area (Å²) in [5, 5.41) is 11.1. The number of carbonyl (C=O) groups is 1. The first-order valence-corrected chi connectivity index (χ1v) is 8.51. The molecule has 0 aliphatic carbocycles. The number of aliphatic carboxylic acids is 1. The molecule has 3 aromatic carbocycles. The number of rotatable bonds is 5. The largest absolute Gasteiger partial charge is 0.488 e. The first kappa shape index (κ1) is 16.5. The number of carboxylic acid groups (broad SMARTS) is 1. The number of carboxylic acids is 1. The summed E-state index contributed by atoms with van der Waals surface area (Å²) in [5.74, 6) is -0.169. The second-order valence-corrected chi connectivity index (χ2v) is 6.45. The summed E-state index contributed by atoms with van der Waals surface area (Å²) in [5.41, 5.74) is 1.97. The quantitative estimate of drug-likeness (QED) is 0.452. The van der Waals surface area contributed by atoms with Gasteiger partial charge in [0.05, 0.1) is 3.57 Å². The number of hydrogen-bond donors (Lipinski definition) is 1. The number of ether oxygens (including phenoxy) is 1. The Morgan fingerprint density at radius 1 is 1.08 bits per heavy atom. The summed E-state index contributed by atoms with van der Waals surface area (Å²) < 4.78 is 6.91. The molecule has 0 aliphatic rings. The zero-order valence-corrected chi connectivity index (χ0v) is 14.9. The smallest absolute Gasteiger partial charge is 0.328 e. The molecule has 0 bridgehead atoms. The minimum Gasteiger partial charge on any atom is -0.488 e. The third-order valence-corrected chi connectivity index (χ3v) is 4.48. The molecule has 0 radical (unpaired) electrons. The molecule has 0 fully saturated rings. The van der Waals surface area contributed by atoms with Crippen molar-refractivity contribution in [2.75, 3.05) is 0 Å². The van der Waals surface area contributed by atoms with Crippen LogP contribution in [0.15, 0.2) is 66.7 Å². The van der Waals surface area contributed by atoms with E-state index in [1.54, 1.807) is 6.08 Å². The van der Waals surface area contributed by atoms with Gasteiger partial charge in [-0.15, -0.1) is 0 Å². The SMILES string of the molecule is O=C(O)/C=C/c1ccc(OCc2cccc3ccccc23)c(I)c1. The molecule has 120 valence electrons. The predicted molar refractivity (Wildman–Crippen MR) is 104 cm³/mol. The fourth-order valence-corrected chi connectivity index (χ4v) is 3.17. The highest BCUT2D eigenvalue weighted by Gasteiger charge is 2.05. The van der Waals surface area contributed by atoms with E-state index in [0.29, 0.717) is 6.61 Å². The molecule has 4 heteroatoms. The van der Waals surface area contributed by atoms with Gasteiger partial charge in [0.25, 0.3) is 0 Å². The predicted octanol–water partition coefficient (Wildman–Crippen LogP) is 5.12. The lowest BCUT2D eigenvalue weighted by atomic mass is 10.1. The number of halogens is 1. The number of benzene rings is 3. The maximum Gasteiger partial charge on any atom is 0.328 e. The van der Waals surface area contributed by atoms with Crippen molar-refractivity contribution in [3.63, 3.8) is 0 Å². The van der Waals surface area contributed by atoms with Gasteiger partial charge < -0.3 is 9.84 Å². The second-order valence-electron chi connectivity index (χ2n) is 5.29. The van der Waals surface area contributed by atoms with E-state index < -0.39 is 5.97 Å². The van der Waals surface area contributed by atoms with E-state index in [2.05, 4.69) is 46.9 Å². The minimum absolute atomic E-state index is 0.488. The molecule has 1 N–H and O–H groups in total. The van der Waals surface area contributed by atoms with Crippen LogP contribution in [-0.4, -0.2) is 11.1 Å². The van der Waals surface area contributed by atoms with Gasteiger partial charge in [0.2, 0.25) is 0 Å². The molecule has 0 heterocycles. The van der Waals surface area contributed by atoms with Crippen molar-refractivity contribution in [1.82, 2.24) is 0 Å². The molecule has 24 heavy (non-hydrogen) atoms. The van der Waals surface area contributed by atoms with Crippen molar-refractivity contribution in [2.45, 2.75) is 6.61 Å². The first-order chi connectivity index (χ1) is 11.6. The van der Waals surface area contributed by atoms with Crippen LogP contribution in [0, 0.1) is 3.57 Å². The standard InChI is InChI=1S/C20H15IO3/c21-18-12-14(9-11-20(22)23)8-10-19(18)24-13-16-6-3-5-15-4-1-2-7-17(15)16/h1-12H,13H2,(H,22,23)/b11-9+. The van der Waals surface area contributed by atoms with E-state index in [0.717, 1.165) is 26.5 Å². The van der Waals surface area contributed by atoms with Crippen molar-refractivity contribution < 1.29 is 14.6 Å². The molecule has 0 unspecified atom stereocenters. The Labute approximate surface area is 153 Å². The highest BCUT2D eigenvalue weighted by atomic mass is 127. The molecular weight excluding hydrogens is 415 g/mol. The zero-order valence-electron chi connectivity index (χ0n) is 12.8. The Morgan fingerprint density at radius 2 is 1.88 bits per heavy atom. The van der Waals surface area contributed by atoms with Gasteiger partial charge in [-0.1, -0.05) is 48.5 Å². The highest BCUT2D eigenvalue weighted by Crippen LogP contribution is 2.25. The van der Waals surface area contributed by atoms with Crippen LogP contribution in [-0.2, 0) is 11.4 Å². The lowest BCUT2D eigenvalue weighted by Crippen LogP contribution is -1.98. The summed E-state index contributed by atoms with van der Waals surface area (Å²) in [6.45, 7) is 0.488. The van der Waals surface area contributed by atoms with Crippen molar-refractivity contribution in [3.8, 4) is 5.75 Å². The monoisotopic (exact) mass is 430 g/mol. The van der Waals surface area contributed by atoms with Gasteiger partial charge >= 0.3 is 5.97 Å². The lowest BCUT2D eigenvalue weighted by Gasteiger charge is -2.11. The fraction of sp³-hybridized carbons (Fsp3) is 0.0500. The fourth-order valence-electron chi connectivity index (χ4n) is 2.48. The van der Waals surface area contributed by atoms with Gasteiger partial charge in [-0.05, 0) is 62.7 Å². The summed E-state index contributed by atoms with van der Waals surface area (Å²) in [4.78, 5) is 10.6. The van der Waals surface area contributed by atoms with Gasteiger partial charge in [0.1, 0.15) is 12.4 Å². The van der Waals surface area contributed by atoms with Gasteiger partial charge in [-0.3, -0.25) is 0 Å². The molecule has 3 rings (SSSR count). The average molecular weight is 430 g/mol. The molecule has 0 aliphatic heterocycles. The molecule has 0 spiro atoms. The molecule has 0 saturated heterocycles.